The number of rotatable bonds is 9. The van der Waals surface area contributed by atoms with Crippen molar-refractivity contribution in [2.75, 3.05) is 20.2 Å². The molecule has 3 aromatic carbocycles. The molecule has 0 atom stereocenters. The van der Waals surface area contributed by atoms with Crippen molar-refractivity contribution in [1.82, 2.24) is 5.32 Å². The van der Waals surface area contributed by atoms with E-state index in [1.807, 2.05) is 61.6 Å². The summed E-state index contributed by atoms with van der Waals surface area (Å²) in [7, 11) is 1.87. The van der Waals surface area contributed by atoms with Crippen molar-refractivity contribution in [3.05, 3.63) is 95.6 Å². The molecule has 162 valence electrons. The zero-order valence-electron chi connectivity index (χ0n) is 18.7. The molecule has 0 saturated heterocycles. The fraction of sp³-hybridized carbons (Fsp3) is 0.200. The number of halogens is 3. The van der Waals surface area contributed by atoms with Crippen LogP contribution in [0.4, 0.5) is 12.9 Å². The van der Waals surface area contributed by atoms with Crippen LogP contribution in [0.25, 0.3) is 11.1 Å². The first-order valence-electron chi connectivity index (χ1n) is 10.4. The number of likely N-dealkylation sites (N-methyl/N-ethyl adjacent to an activating group) is 1. The van der Waals surface area contributed by atoms with Crippen LogP contribution in [-0.2, 0) is 0 Å². The molecule has 0 aliphatic rings. The maximum atomic E-state index is 13.1. The predicted molar refractivity (Wildman–Crippen MR) is 124 cm³/mol. The average Bonchev–Trinajstić information content (AvgIpc) is 2.78. The van der Waals surface area contributed by atoms with E-state index in [2.05, 4.69) is 12.2 Å². The van der Waals surface area contributed by atoms with Crippen molar-refractivity contribution in [3.8, 4) is 5.75 Å². The Kier molecular flexibility index (Phi) is 10.7. The minimum Gasteiger partial charge on any atom is -0.492 e. The summed E-state index contributed by atoms with van der Waals surface area (Å²) in [5.74, 6) is 0.756. The third-order valence-corrected chi connectivity index (χ3v) is 5.12. The van der Waals surface area contributed by atoms with Gasteiger partial charge in [-0.15, -0.1) is 5.46 Å². The molecule has 0 fully saturated rings. The monoisotopic (exact) mass is 463 g/mol. The summed E-state index contributed by atoms with van der Waals surface area (Å²) in [6.07, 6.45) is 0.741. The van der Waals surface area contributed by atoms with Gasteiger partial charge in [-0.05, 0) is 53.4 Å². The summed E-state index contributed by atoms with van der Waals surface area (Å²) in [5.41, 5.74) is 4.17. The van der Waals surface area contributed by atoms with E-state index in [9.17, 15) is 12.9 Å². The fourth-order valence-electron chi connectivity index (χ4n) is 3.54. The van der Waals surface area contributed by atoms with Gasteiger partial charge in [0, 0.05) is 6.54 Å². The van der Waals surface area contributed by atoms with Gasteiger partial charge in [-0.3, -0.25) is 0 Å². The Morgan fingerprint density at radius 2 is 1.38 bits per heavy atom. The minimum atomic E-state index is -5.02. The Bertz CT molecular complexity index is 1000. The van der Waals surface area contributed by atoms with Gasteiger partial charge >= 0.3 is 58.4 Å². The Morgan fingerprint density at radius 3 is 1.88 bits per heavy atom. The van der Waals surface area contributed by atoms with Crippen molar-refractivity contribution in [3.63, 3.8) is 0 Å². The average molecular weight is 463 g/mol. The summed E-state index contributed by atoms with van der Waals surface area (Å²) in [6, 6.07) is 23.1. The van der Waals surface area contributed by atoms with Gasteiger partial charge in [0.15, 0.2) is 0 Å². The van der Waals surface area contributed by atoms with Crippen molar-refractivity contribution >= 4 is 23.6 Å². The molecule has 3 aromatic rings. The topological polar surface area (TPSA) is 21.3 Å². The Labute approximate surface area is 230 Å². The number of hydrogen-bond donors (Lipinski definition) is 1. The van der Waals surface area contributed by atoms with E-state index in [1.165, 1.54) is 12.1 Å². The van der Waals surface area contributed by atoms with E-state index < -0.39 is 12.4 Å². The van der Waals surface area contributed by atoms with Crippen molar-refractivity contribution in [2.45, 2.75) is 13.3 Å². The number of nitrogens with one attached hydrogen (secondary N) is 1. The zero-order valence-corrected chi connectivity index (χ0v) is 21.9. The van der Waals surface area contributed by atoms with Crippen LogP contribution in [-0.4, -0.2) is 27.2 Å². The van der Waals surface area contributed by atoms with Gasteiger partial charge in [-0.2, -0.15) is 0 Å². The van der Waals surface area contributed by atoms with Gasteiger partial charge < -0.3 is 23.0 Å². The first-order chi connectivity index (χ1) is 14.9. The summed E-state index contributed by atoms with van der Waals surface area (Å²) < 4.78 is 45.1. The van der Waals surface area contributed by atoms with E-state index in [-0.39, 0.29) is 51.4 Å². The van der Waals surface area contributed by atoms with Crippen LogP contribution in [0.1, 0.15) is 30.0 Å². The first-order valence-corrected chi connectivity index (χ1v) is 10.4. The molecule has 7 heteroatoms. The van der Waals surface area contributed by atoms with Crippen molar-refractivity contribution in [2.24, 2.45) is 0 Å². The molecule has 0 spiro atoms. The van der Waals surface area contributed by atoms with Gasteiger partial charge in [0.1, 0.15) is 12.4 Å². The number of benzene rings is 3. The van der Waals surface area contributed by atoms with Crippen LogP contribution in [0.2, 0.25) is 0 Å². The van der Waals surface area contributed by atoms with Gasteiger partial charge in [0.05, 0.1) is 0 Å². The van der Waals surface area contributed by atoms with Crippen LogP contribution < -0.4 is 66.9 Å². The number of hydrogen-bond acceptors (Lipinski definition) is 2. The summed E-state index contributed by atoms with van der Waals surface area (Å²) >= 11 is 0. The molecule has 0 aromatic heterocycles. The molecule has 32 heavy (non-hydrogen) atoms. The van der Waals surface area contributed by atoms with Gasteiger partial charge in [-0.25, -0.2) is 0 Å². The van der Waals surface area contributed by atoms with E-state index in [0.717, 1.165) is 46.6 Å². The van der Waals surface area contributed by atoms with E-state index in [0.29, 0.717) is 6.61 Å². The van der Waals surface area contributed by atoms with Crippen LogP contribution in [0.5, 0.6) is 5.75 Å². The van der Waals surface area contributed by atoms with Crippen LogP contribution >= 0.6 is 0 Å². The van der Waals surface area contributed by atoms with Gasteiger partial charge in [0.25, 0.3) is 0 Å². The molecule has 0 bridgehead atoms. The summed E-state index contributed by atoms with van der Waals surface area (Å²) in [5, 5.41) is 3.03. The zero-order chi connectivity index (χ0) is 22.3. The molecule has 0 saturated carbocycles. The molecular weight excluding hydrogens is 437 g/mol. The third kappa shape index (κ3) is 7.07. The first kappa shape index (κ1) is 26.9. The minimum absolute atomic E-state index is 0. The second-order valence-corrected chi connectivity index (χ2v) is 7.25. The van der Waals surface area contributed by atoms with Gasteiger partial charge in [-0.1, -0.05) is 73.7 Å². The van der Waals surface area contributed by atoms with E-state index in [4.69, 9.17) is 4.74 Å². The summed E-state index contributed by atoms with van der Waals surface area (Å²) in [4.78, 5) is 0. The number of allylic oxidation sites excluding steroid dienone is 1. The summed E-state index contributed by atoms with van der Waals surface area (Å²) in [6.45, 7) is -1.66. The maximum absolute atomic E-state index is 13.1. The molecule has 1 N–H and O–H groups in total. The standard InChI is InChI=1S/C25H26BF3NO.K/c1-3-24(19-7-5-4-6-8-19)25(20-9-13-22(14-10-20)26(27,28)29)21-11-15-23(16-12-21)31-18-17-30-2;/h4-16,30H,3,17-18H2,1-2H3;/q-1;+1/b25-24-;. The van der Waals surface area contributed by atoms with Crippen molar-refractivity contribution < 1.29 is 69.1 Å². The molecule has 0 aliphatic carbocycles. The van der Waals surface area contributed by atoms with E-state index >= 15 is 0 Å². The van der Waals surface area contributed by atoms with Crippen LogP contribution in [0, 0.1) is 0 Å². The number of ether oxygens (including phenoxy) is 1. The smallest absolute Gasteiger partial charge is 0.492 e. The molecule has 0 heterocycles. The third-order valence-electron chi connectivity index (χ3n) is 5.12. The molecule has 0 aliphatic heterocycles. The van der Waals surface area contributed by atoms with E-state index in [1.54, 1.807) is 12.1 Å². The fourth-order valence-corrected chi connectivity index (χ4v) is 3.54. The second kappa shape index (κ2) is 12.8. The van der Waals surface area contributed by atoms with Gasteiger partial charge in [0.2, 0.25) is 0 Å². The molecular formula is C25H26BF3KNO. The Hall–Kier alpha value is -1.35. The SMILES string of the molecule is CC/C(=C(/c1ccc(OCCNC)cc1)c1ccc([B-](F)(F)F)cc1)c1ccccc1.[K+]. The van der Waals surface area contributed by atoms with Crippen LogP contribution in [0.15, 0.2) is 78.9 Å². The Balaban J connectivity index is 0.00000363. The quantitative estimate of drug-likeness (QED) is 0.300. The molecule has 0 radical (unpaired) electrons. The molecule has 0 amide bonds. The largest absolute Gasteiger partial charge is 1.00 e. The Morgan fingerprint density at radius 1 is 0.812 bits per heavy atom. The maximum Gasteiger partial charge on any atom is 1.00 e. The second-order valence-electron chi connectivity index (χ2n) is 7.25. The normalized spacial score (nSPS) is 12.0. The predicted octanol–water partition coefficient (Wildman–Crippen LogP) is 2.71. The molecule has 0 unspecified atom stereocenters. The van der Waals surface area contributed by atoms with Crippen molar-refractivity contribution in [1.29, 1.82) is 0 Å². The molecule has 2 nitrogen and oxygen atoms in total. The van der Waals surface area contributed by atoms with Crippen LogP contribution in [0.3, 0.4) is 0 Å². The molecule has 3 rings (SSSR count).